The SMILES string of the molecule is C[C@]1(C(=O)OCc2ccccc2)[C@H](n2ccc(=O)[nH]c2=O)O[C@](F)(CO)[C@H]1C(=O)OCc1ccccc1. The number of alkyl halides is 1. The number of esters is 2. The fourth-order valence-electron chi connectivity index (χ4n) is 4.38. The predicted molar refractivity (Wildman–Crippen MR) is 126 cm³/mol. The van der Waals surface area contributed by atoms with Crippen molar-refractivity contribution in [3.05, 3.63) is 105 Å². The number of H-pyrrole nitrogens is 1. The Kier molecular flexibility index (Phi) is 7.37. The summed E-state index contributed by atoms with van der Waals surface area (Å²) in [4.78, 5) is 53.0. The van der Waals surface area contributed by atoms with Gasteiger partial charge in [0.05, 0.1) is 0 Å². The second-order valence-corrected chi connectivity index (χ2v) is 8.80. The fourth-order valence-corrected chi connectivity index (χ4v) is 4.38. The van der Waals surface area contributed by atoms with E-state index in [0.717, 1.165) is 16.8 Å². The average Bonchev–Trinajstić information content (AvgIpc) is 3.15. The lowest BCUT2D eigenvalue weighted by molar-refractivity contribution is -0.203. The van der Waals surface area contributed by atoms with E-state index in [2.05, 4.69) is 0 Å². The van der Waals surface area contributed by atoms with Gasteiger partial charge < -0.3 is 19.3 Å². The maximum Gasteiger partial charge on any atom is 0.330 e. The number of hydrogen-bond acceptors (Lipinski definition) is 8. The summed E-state index contributed by atoms with van der Waals surface area (Å²) in [6.45, 7) is -0.592. The smallest absolute Gasteiger partial charge is 0.330 e. The first-order valence-electron chi connectivity index (χ1n) is 11.4. The van der Waals surface area contributed by atoms with E-state index in [9.17, 15) is 24.3 Å². The molecular formula is C26H25FN2O8. The van der Waals surface area contributed by atoms with E-state index < -0.39 is 53.2 Å². The molecule has 1 fully saturated rings. The Bertz CT molecular complexity index is 1380. The van der Waals surface area contributed by atoms with Crippen molar-refractivity contribution >= 4 is 11.9 Å². The number of carbonyl (C=O) groups is 2. The Labute approximate surface area is 210 Å². The number of carbonyl (C=O) groups excluding carboxylic acids is 2. The molecule has 1 saturated heterocycles. The van der Waals surface area contributed by atoms with E-state index in [-0.39, 0.29) is 13.2 Å². The number of aromatic amines is 1. The Morgan fingerprint density at radius 2 is 1.57 bits per heavy atom. The second-order valence-electron chi connectivity index (χ2n) is 8.80. The fraction of sp³-hybridized carbons (Fsp3) is 0.308. The number of rotatable bonds is 8. The van der Waals surface area contributed by atoms with E-state index in [1.165, 1.54) is 6.92 Å². The van der Waals surface area contributed by atoms with Crippen LogP contribution in [0.25, 0.3) is 0 Å². The first-order valence-corrected chi connectivity index (χ1v) is 11.4. The van der Waals surface area contributed by atoms with Gasteiger partial charge in [0, 0.05) is 12.3 Å². The quantitative estimate of drug-likeness (QED) is 0.436. The molecule has 0 saturated carbocycles. The van der Waals surface area contributed by atoms with Gasteiger partial charge in [-0.25, -0.2) is 9.18 Å². The number of aliphatic hydroxyl groups excluding tert-OH is 1. The largest absolute Gasteiger partial charge is 0.460 e. The van der Waals surface area contributed by atoms with Crippen LogP contribution in [-0.2, 0) is 37.0 Å². The maximum atomic E-state index is 16.1. The van der Waals surface area contributed by atoms with Crippen LogP contribution in [0.15, 0.2) is 82.5 Å². The molecule has 1 aromatic heterocycles. The number of nitrogens with one attached hydrogen (secondary N) is 1. The standard InChI is InChI=1S/C26H25FN2O8/c1-25(23(33)36-15-18-10-6-3-7-11-18)20(21(32)35-14-17-8-4-2-5-9-17)26(27,16-30)37-22(25)29-13-12-19(31)28-24(29)34/h2-13,20,22,30H,14-16H2,1H3,(H,28,31,34)/t20-,22+,25+,26+/m0/s1. The third kappa shape index (κ3) is 5.09. The molecule has 2 aromatic carbocycles. The van der Waals surface area contributed by atoms with Crippen LogP contribution >= 0.6 is 0 Å². The lowest BCUT2D eigenvalue weighted by atomic mass is 9.74. The molecule has 1 aliphatic rings. The molecule has 3 aromatic rings. The molecule has 0 aliphatic carbocycles. The number of halogens is 1. The highest BCUT2D eigenvalue weighted by atomic mass is 19.2. The van der Waals surface area contributed by atoms with E-state index in [1.807, 2.05) is 4.98 Å². The number of benzene rings is 2. The van der Waals surface area contributed by atoms with E-state index in [4.69, 9.17) is 14.2 Å². The summed E-state index contributed by atoms with van der Waals surface area (Å²) in [7, 11) is 0. The highest BCUT2D eigenvalue weighted by molar-refractivity contribution is 5.87. The van der Waals surface area contributed by atoms with E-state index in [0.29, 0.717) is 11.1 Å². The Morgan fingerprint density at radius 3 is 2.11 bits per heavy atom. The topological polar surface area (TPSA) is 137 Å². The summed E-state index contributed by atoms with van der Waals surface area (Å²) in [5.74, 6) is -7.40. The van der Waals surface area contributed by atoms with Crippen LogP contribution in [0.1, 0.15) is 24.3 Å². The van der Waals surface area contributed by atoms with Gasteiger partial charge in [-0.15, -0.1) is 0 Å². The summed E-state index contributed by atoms with van der Waals surface area (Å²) in [6, 6.07) is 18.2. The molecule has 194 valence electrons. The third-order valence-electron chi connectivity index (χ3n) is 6.28. The zero-order valence-corrected chi connectivity index (χ0v) is 19.8. The van der Waals surface area contributed by atoms with Crippen LogP contribution in [0.4, 0.5) is 4.39 Å². The minimum atomic E-state index is -3.12. The zero-order chi connectivity index (χ0) is 26.6. The van der Waals surface area contributed by atoms with Crippen molar-refractivity contribution in [3.8, 4) is 0 Å². The monoisotopic (exact) mass is 512 g/mol. The molecule has 11 heteroatoms. The maximum absolute atomic E-state index is 16.1. The van der Waals surface area contributed by atoms with Crippen molar-refractivity contribution in [2.45, 2.75) is 32.2 Å². The van der Waals surface area contributed by atoms with Gasteiger partial charge in [-0.2, -0.15) is 0 Å². The lowest BCUT2D eigenvalue weighted by Gasteiger charge is -2.32. The number of aromatic nitrogens is 2. The normalized spacial score (nSPS) is 24.9. The molecule has 2 heterocycles. The minimum Gasteiger partial charge on any atom is -0.460 e. The number of aliphatic hydroxyl groups is 1. The molecule has 0 unspecified atom stereocenters. The molecule has 0 bridgehead atoms. The molecule has 1 aliphatic heterocycles. The van der Waals surface area contributed by atoms with Gasteiger partial charge in [-0.3, -0.25) is 23.9 Å². The van der Waals surface area contributed by atoms with Crippen LogP contribution < -0.4 is 11.2 Å². The van der Waals surface area contributed by atoms with Crippen LogP contribution in [0, 0.1) is 11.3 Å². The summed E-state index contributed by atoms with van der Waals surface area (Å²) >= 11 is 0. The lowest BCUT2D eigenvalue weighted by Crippen LogP contribution is -2.50. The number of hydrogen-bond donors (Lipinski definition) is 2. The van der Waals surface area contributed by atoms with Gasteiger partial charge in [0.15, 0.2) is 6.23 Å². The van der Waals surface area contributed by atoms with Gasteiger partial charge in [0.1, 0.15) is 31.2 Å². The second kappa shape index (κ2) is 10.5. The highest BCUT2D eigenvalue weighted by Gasteiger charge is 2.71. The first-order chi connectivity index (χ1) is 17.7. The van der Waals surface area contributed by atoms with Gasteiger partial charge in [0.25, 0.3) is 5.56 Å². The van der Waals surface area contributed by atoms with Crippen LogP contribution in [0.3, 0.4) is 0 Å². The van der Waals surface area contributed by atoms with Gasteiger partial charge >= 0.3 is 17.6 Å². The van der Waals surface area contributed by atoms with Crippen molar-refractivity contribution in [1.82, 2.24) is 9.55 Å². The van der Waals surface area contributed by atoms with Crippen molar-refractivity contribution in [3.63, 3.8) is 0 Å². The molecule has 0 radical (unpaired) electrons. The minimum absolute atomic E-state index is 0.216. The molecule has 37 heavy (non-hydrogen) atoms. The van der Waals surface area contributed by atoms with Crippen molar-refractivity contribution in [2.24, 2.45) is 11.3 Å². The molecule has 2 N–H and O–H groups in total. The van der Waals surface area contributed by atoms with Gasteiger partial charge in [0.2, 0.25) is 5.85 Å². The highest BCUT2D eigenvalue weighted by Crippen LogP contribution is 2.56. The third-order valence-corrected chi connectivity index (χ3v) is 6.28. The summed E-state index contributed by atoms with van der Waals surface area (Å²) in [6.07, 6.45) is -0.768. The Balaban J connectivity index is 1.74. The summed E-state index contributed by atoms with van der Waals surface area (Å²) < 4.78 is 33.0. The predicted octanol–water partition coefficient (Wildman–Crippen LogP) is 1.83. The average molecular weight is 512 g/mol. The first kappa shape index (κ1) is 26.0. The number of nitrogens with zero attached hydrogens (tertiary/aromatic N) is 1. The van der Waals surface area contributed by atoms with Crippen LogP contribution in [0.5, 0.6) is 0 Å². The van der Waals surface area contributed by atoms with Crippen molar-refractivity contribution in [1.29, 1.82) is 0 Å². The Hall–Kier alpha value is -4.09. The molecule has 10 nitrogen and oxygen atoms in total. The summed E-state index contributed by atoms with van der Waals surface area (Å²) in [5, 5.41) is 9.92. The number of ether oxygens (including phenoxy) is 3. The van der Waals surface area contributed by atoms with Gasteiger partial charge in [-0.1, -0.05) is 60.7 Å². The molecule has 4 rings (SSSR count). The zero-order valence-electron chi connectivity index (χ0n) is 19.8. The van der Waals surface area contributed by atoms with Crippen molar-refractivity contribution in [2.75, 3.05) is 6.61 Å². The van der Waals surface area contributed by atoms with Crippen molar-refractivity contribution < 1.29 is 33.3 Å². The molecule has 4 atom stereocenters. The van der Waals surface area contributed by atoms with Gasteiger partial charge in [-0.05, 0) is 18.1 Å². The molecule has 0 amide bonds. The van der Waals surface area contributed by atoms with E-state index in [1.54, 1.807) is 60.7 Å². The van der Waals surface area contributed by atoms with Crippen LogP contribution in [-0.4, -0.2) is 39.1 Å². The van der Waals surface area contributed by atoms with E-state index >= 15 is 4.39 Å². The molecule has 0 spiro atoms. The Morgan fingerprint density at radius 1 is 1.00 bits per heavy atom. The molecular weight excluding hydrogens is 487 g/mol. The van der Waals surface area contributed by atoms with Crippen LogP contribution in [0.2, 0.25) is 0 Å². The summed E-state index contributed by atoms with van der Waals surface area (Å²) in [5.41, 5.74) is -2.72.